The SMILES string of the molecule is C=CCN(CC=C)CC=C.O=P(O)(O)O. The number of hydrogen-bond acceptors (Lipinski definition) is 2. The Balaban J connectivity index is 0. The molecule has 0 aliphatic heterocycles. The summed E-state index contributed by atoms with van der Waals surface area (Å²) < 4.78 is 8.88. The molecule has 0 aromatic rings. The fourth-order valence-corrected chi connectivity index (χ4v) is 0.771. The van der Waals surface area contributed by atoms with Crippen LogP contribution < -0.4 is 0 Å². The molecular formula is C9H18NO4P. The van der Waals surface area contributed by atoms with Gasteiger partial charge in [0, 0.05) is 19.6 Å². The van der Waals surface area contributed by atoms with E-state index < -0.39 is 7.82 Å². The van der Waals surface area contributed by atoms with E-state index in [0.29, 0.717) is 0 Å². The van der Waals surface area contributed by atoms with Crippen molar-refractivity contribution in [3.8, 4) is 0 Å². The fourth-order valence-electron chi connectivity index (χ4n) is 0.771. The quantitative estimate of drug-likeness (QED) is 0.471. The second-order valence-corrected chi connectivity index (χ2v) is 3.62. The van der Waals surface area contributed by atoms with E-state index in [1.165, 1.54) is 0 Å². The van der Waals surface area contributed by atoms with Crippen LogP contribution in [0.2, 0.25) is 0 Å². The lowest BCUT2D eigenvalue weighted by Crippen LogP contribution is -2.23. The highest BCUT2D eigenvalue weighted by Crippen LogP contribution is 2.25. The van der Waals surface area contributed by atoms with E-state index in [-0.39, 0.29) is 0 Å². The van der Waals surface area contributed by atoms with E-state index in [1.807, 2.05) is 18.2 Å². The Hall–Kier alpha value is -0.710. The van der Waals surface area contributed by atoms with Gasteiger partial charge < -0.3 is 14.7 Å². The number of rotatable bonds is 6. The second kappa shape index (κ2) is 9.83. The van der Waals surface area contributed by atoms with E-state index in [4.69, 9.17) is 19.2 Å². The monoisotopic (exact) mass is 235 g/mol. The standard InChI is InChI=1S/C9H15N.H3O4P/c1-4-7-10(8-5-2)9-6-3;1-5(2,3)4/h4-6H,1-3,7-9H2;(H3,1,2,3,4). The Labute approximate surface area is 90.3 Å². The van der Waals surface area contributed by atoms with Crippen LogP contribution in [0.4, 0.5) is 0 Å². The zero-order valence-corrected chi connectivity index (χ0v) is 9.51. The van der Waals surface area contributed by atoms with Crippen LogP contribution in [0.3, 0.4) is 0 Å². The number of phosphoric acid groups is 1. The lowest BCUT2D eigenvalue weighted by Gasteiger charge is -2.15. The molecule has 6 heteroatoms. The van der Waals surface area contributed by atoms with Crippen molar-refractivity contribution in [2.24, 2.45) is 0 Å². The van der Waals surface area contributed by atoms with Crippen LogP contribution in [0.1, 0.15) is 0 Å². The smallest absolute Gasteiger partial charge is 0.303 e. The lowest BCUT2D eigenvalue weighted by atomic mass is 10.4. The summed E-state index contributed by atoms with van der Waals surface area (Å²) >= 11 is 0. The summed E-state index contributed by atoms with van der Waals surface area (Å²) in [5.41, 5.74) is 0. The van der Waals surface area contributed by atoms with Gasteiger partial charge in [0.15, 0.2) is 0 Å². The van der Waals surface area contributed by atoms with Gasteiger partial charge >= 0.3 is 7.82 Å². The van der Waals surface area contributed by atoms with Gasteiger partial charge in [-0.2, -0.15) is 0 Å². The van der Waals surface area contributed by atoms with Gasteiger partial charge in [0.05, 0.1) is 0 Å². The van der Waals surface area contributed by atoms with Gasteiger partial charge in [-0.25, -0.2) is 4.57 Å². The molecule has 5 nitrogen and oxygen atoms in total. The Bertz CT molecular complexity index is 204. The third-order valence-corrected chi connectivity index (χ3v) is 1.16. The van der Waals surface area contributed by atoms with Crippen LogP contribution in [0, 0.1) is 0 Å². The first-order chi connectivity index (χ1) is 6.85. The summed E-state index contributed by atoms with van der Waals surface area (Å²) in [4.78, 5) is 23.8. The maximum Gasteiger partial charge on any atom is 0.466 e. The van der Waals surface area contributed by atoms with E-state index >= 15 is 0 Å². The van der Waals surface area contributed by atoms with Gasteiger partial charge in [0.25, 0.3) is 0 Å². The zero-order chi connectivity index (χ0) is 12.3. The molecule has 3 N–H and O–H groups in total. The van der Waals surface area contributed by atoms with Crippen LogP contribution in [-0.4, -0.2) is 39.2 Å². The maximum atomic E-state index is 8.88. The Morgan fingerprint density at radius 1 is 0.933 bits per heavy atom. The predicted molar refractivity (Wildman–Crippen MR) is 61.3 cm³/mol. The molecule has 0 heterocycles. The molecule has 15 heavy (non-hydrogen) atoms. The Kier molecular flexibility index (Phi) is 11.0. The first kappa shape index (κ1) is 16.7. The molecule has 0 bridgehead atoms. The highest BCUT2D eigenvalue weighted by atomic mass is 31.2. The topological polar surface area (TPSA) is 81.0 Å². The number of nitrogens with zero attached hydrogens (tertiary/aromatic N) is 1. The van der Waals surface area contributed by atoms with Gasteiger partial charge in [-0.15, -0.1) is 19.7 Å². The summed E-state index contributed by atoms with van der Waals surface area (Å²) in [6, 6.07) is 0. The molecule has 0 aromatic carbocycles. The van der Waals surface area contributed by atoms with Crippen LogP contribution in [0.5, 0.6) is 0 Å². The van der Waals surface area contributed by atoms with Gasteiger partial charge in [-0.05, 0) is 0 Å². The molecule has 0 fully saturated rings. The first-order valence-electron chi connectivity index (χ1n) is 4.18. The van der Waals surface area contributed by atoms with Gasteiger partial charge in [0.2, 0.25) is 0 Å². The third-order valence-electron chi connectivity index (χ3n) is 1.16. The highest BCUT2D eigenvalue weighted by Gasteiger charge is 2.00. The molecule has 0 aromatic heterocycles. The van der Waals surface area contributed by atoms with Crippen LogP contribution in [-0.2, 0) is 4.57 Å². The molecule has 0 amide bonds. The van der Waals surface area contributed by atoms with Crippen LogP contribution in [0.25, 0.3) is 0 Å². The average molecular weight is 235 g/mol. The van der Waals surface area contributed by atoms with Crippen molar-refractivity contribution in [2.75, 3.05) is 19.6 Å². The van der Waals surface area contributed by atoms with Crippen LogP contribution in [0.15, 0.2) is 38.0 Å². The molecule has 0 aliphatic rings. The molecule has 0 saturated heterocycles. The minimum atomic E-state index is -4.64. The first-order valence-corrected chi connectivity index (χ1v) is 5.75. The highest BCUT2D eigenvalue weighted by molar-refractivity contribution is 7.45. The van der Waals surface area contributed by atoms with Gasteiger partial charge in [0.1, 0.15) is 0 Å². The van der Waals surface area contributed by atoms with Crippen molar-refractivity contribution >= 4 is 7.82 Å². The average Bonchev–Trinajstić information content (AvgIpc) is 2.02. The lowest BCUT2D eigenvalue weighted by molar-refractivity contribution is 0.275. The maximum absolute atomic E-state index is 8.88. The molecular weight excluding hydrogens is 217 g/mol. The summed E-state index contributed by atoms with van der Waals surface area (Å²) in [6.07, 6.45) is 5.65. The minimum absolute atomic E-state index is 0.901. The molecule has 0 rings (SSSR count). The summed E-state index contributed by atoms with van der Waals surface area (Å²) in [6.45, 7) is 13.7. The Morgan fingerprint density at radius 3 is 1.27 bits per heavy atom. The molecule has 0 aliphatic carbocycles. The molecule has 0 atom stereocenters. The van der Waals surface area contributed by atoms with Crippen molar-refractivity contribution in [2.45, 2.75) is 0 Å². The third kappa shape index (κ3) is 24.6. The summed E-state index contributed by atoms with van der Waals surface area (Å²) in [5.74, 6) is 0. The van der Waals surface area contributed by atoms with Crippen molar-refractivity contribution in [1.82, 2.24) is 4.90 Å². The van der Waals surface area contributed by atoms with Crippen LogP contribution >= 0.6 is 7.82 Å². The second-order valence-electron chi connectivity index (χ2n) is 2.60. The summed E-state index contributed by atoms with van der Waals surface area (Å²) in [7, 11) is -4.64. The zero-order valence-electron chi connectivity index (χ0n) is 8.62. The van der Waals surface area contributed by atoms with Crippen molar-refractivity contribution in [3.63, 3.8) is 0 Å². The normalized spacial score (nSPS) is 10.1. The fraction of sp³-hybridized carbons (Fsp3) is 0.333. The molecule has 0 unspecified atom stereocenters. The molecule has 0 saturated carbocycles. The van der Waals surface area contributed by atoms with Gasteiger partial charge in [-0.1, -0.05) is 18.2 Å². The van der Waals surface area contributed by atoms with Gasteiger partial charge in [-0.3, -0.25) is 4.90 Å². The van der Waals surface area contributed by atoms with Crippen molar-refractivity contribution < 1.29 is 19.2 Å². The van der Waals surface area contributed by atoms with E-state index in [2.05, 4.69) is 24.6 Å². The van der Waals surface area contributed by atoms with E-state index in [1.54, 1.807) is 0 Å². The van der Waals surface area contributed by atoms with Crippen molar-refractivity contribution in [1.29, 1.82) is 0 Å². The predicted octanol–water partition coefficient (Wildman–Crippen LogP) is 0.918. The largest absolute Gasteiger partial charge is 0.466 e. The number of hydrogen-bond donors (Lipinski definition) is 3. The summed E-state index contributed by atoms with van der Waals surface area (Å²) in [5, 5.41) is 0. The molecule has 88 valence electrons. The Morgan fingerprint density at radius 2 is 1.13 bits per heavy atom. The molecule has 0 radical (unpaired) electrons. The molecule has 0 spiro atoms. The minimum Gasteiger partial charge on any atom is -0.303 e. The van der Waals surface area contributed by atoms with Crippen molar-refractivity contribution in [3.05, 3.63) is 38.0 Å². The van der Waals surface area contributed by atoms with E-state index in [9.17, 15) is 0 Å². The van der Waals surface area contributed by atoms with E-state index in [0.717, 1.165) is 19.6 Å².